The van der Waals surface area contributed by atoms with Crippen molar-refractivity contribution in [2.24, 2.45) is 0 Å². The molecule has 0 aliphatic carbocycles. The first-order chi connectivity index (χ1) is 12.2. The van der Waals surface area contributed by atoms with Crippen molar-refractivity contribution >= 4 is 11.6 Å². The fraction of sp³-hybridized carbons (Fsp3) is 0.0500. The monoisotopic (exact) mass is 345 g/mol. The molecule has 25 heavy (non-hydrogen) atoms. The van der Waals surface area contributed by atoms with Crippen LogP contribution in [0.1, 0.15) is 5.56 Å². The molecule has 1 aromatic carbocycles. The highest BCUT2D eigenvalue weighted by atomic mass is 35.5. The van der Waals surface area contributed by atoms with E-state index in [0.717, 1.165) is 5.56 Å². The fourth-order valence-corrected chi connectivity index (χ4v) is 2.47. The molecule has 120 valence electrons. The fourth-order valence-electron chi connectivity index (χ4n) is 2.35. The summed E-state index contributed by atoms with van der Waals surface area (Å²) in [4.78, 5) is 8.74. The van der Waals surface area contributed by atoms with Crippen LogP contribution in [-0.2, 0) is 0 Å². The van der Waals surface area contributed by atoms with Crippen LogP contribution in [0, 0.1) is 23.7 Å². The van der Waals surface area contributed by atoms with E-state index in [1.807, 2.05) is 36.4 Å². The summed E-state index contributed by atoms with van der Waals surface area (Å²) in [6.07, 6.45) is 6.95. The maximum Gasteiger partial charge on any atom is 0.233 e. The van der Waals surface area contributed by atoms with Gasteiger partial charge in [-0.05, 0) is 35.9 Å². The van der Waals surface area contributed by atoms with Crippen molar-refractivity contribution in [3.63, 3.8) is 0 Å². The van der Waals surface area contributed by atoms with E-state index in [1.165, 1.54) is 0 Å². The first-order valence-corrected chi connectivity index (χ1v) is 7.79. The molecule has 0 aliphatic rings. The van der Waals surface area contributed by atoms with Gasteiger partial charge in [-0.25, -0.2) is 4.98 Å². The van der Waals surface area contributed by atoms with Gasteiger partial charge in [-0.3, -0.25) is 4.98 Å². The van der Waals surface area contributed by atoms with E-state index >= 15 is 0 Å². The second kappa shape index (κ2) is 7.49. The zero-order valence-corrected chi connectivity index (χ0v) is 13.9. The lowest BCUT2D eigenvalue weighted by Crippen LogP contribution is -2.02. The molecule has 0 N–H and O–H groups in total. The standard InChI is InChI=1S/C20H12ClN3O/c1-2-11-25-20-17(13-22)16(14-6-8-15(21)9-7-14)12-19(24-20)18-5-3-4-10-23-18/h1,3-10,12H,11H2. The van der Waals surface area contributed by atoms with Crippen molar-refractivity contribution < 1.29 is 4.74 Å². The van der Waals surface area contributed by atoms with Crippen LogP contribution in [-0.4, -0.2) is 16.6 Å². The van der Waals surface area contributed by atoms with Crippen LogP contribution >= 0.6 is 11.6 Å². The predicted molar refractivity (Wildman–Crippen MR) is 97.0 cm³/mol. The molecule has 0 bridgehead atoms. The SMILES string of the molecule is C#CCOc1nc(-c2ccccn2)cc(-c2ccc(Cl)cc2)c1C#N. The van der Waals surface area contributed by atoms with Crippen molar-refractivity contribution in [2.75, 3.05) is 6.61 Å². The lowest BCUT2D eigenvalue weighted by atomic mass is 10.00. The summed E-state index contributed by atoms with van der Waals surface area (Å²) in [5.41, 5.74) is 3.09. The third-order valence-electron chi connectivity index (χ3n) is 3.47. The summed E-state index contributed by atoms with van der Waals surface area (Å²) in [7, 11) is 0. The van der Waals surface area contributed by atoms with Crippen molar-refractivity contribution in [3.8, 4) is 46.8 Å². The quantitative estimate of drug-likeness (QED) is 0.660. The number of aromatic nitrogens is 2. The molecule has 2 heterocycles. The van der Waals surface area contributed by atoms with Gasteiger partial charge in [-0.1, -0.05) is 35.7 Å². The van der Waals surface area contributed by atoms with E-state index in [0.29, 0.717) is 27.5 Å². The largest absolute Gasteiger partial charge is 0.464 e. The minimum absolute atomic E-state index is 0.0212. The first-order valence-electron chi connectivity index (χ1n) is 7.41. The van der Waals surface area contributed by atoms with Gasteiger partial charge >= 0.3 is 0 Å². The normalized spacial score (nSPS) is 9.88. The minimum atomic E-state index is 0.0212. The Bertz CT molecular complexity index is 971. The summed E-state index contributed by atoms with van der Waals surface area (Å²) in [5, 5.41) is 10.2. The van der Waals surface area contributed by atoms with E-state index < -0.39 is 0 Å². The topological polar surface area (TPSA) is 58.8 Å². The van der Waals surface area contributed by atoms with Gasteiger partial charge in [0.2, 0.25) is 5.88 Å². The van der Waals surface area contributed by atoms with Crippen LogP contribution in [0.5, 0.6) is 5.88 Å². The number of nitriles is 1. The molecule has 0 fully saturated rings. The highest BCUT2D eigenvalue weighted by Crippen LogP contribution is 2.33. The van der Waals surface area contributed by atoms with E-state index in [1.54, 1.807) is 18.3 Å². The molecule has 0 amide bonds. The van der Waals surface area contributed by atoms with E-state index in [9.17, 15) is 5.26 Å². The second-order valence-corrected chi connectivity index (χ2v) is 5.50. The van der Waals surface area contributed by atoms with Gasteiger partial charge in [0.1, 0.15) is 11.6 Å². The highest BCUT2D eigenvalue weighted by Gasteiger charge is 2.16. The maximum absolute atomic E-state index is 9.61. The Balaban J connectivity index is 2.22. The Morgan fingerprint density at radius 1 is 1.12 bits per heavy atom. The number of rotatable bonds is 4. The maximum atomic E-state index is 9.61. The number of hydrogen-bond donors (Lipinski definition) is 0. The molecular weight excluding hydrogens is 334 g/mol. The number of benzene rings is 1. The molecule has 2 aromatic heterocycles. The van der Waals surface area contributed by atoms with E-state index in [4.69, 9.17) is 22.8 Å². The van der Waals surface area contributed by atoms with Gasteiger partial charge in [-0.2, -0.15) is 5.26 Å². The van der Waals surface area contributed by atoms with Gasteiger partial charge in [0.25, 0.3) is 0 Å². The van der Waals surface area contributed by atoms with Crippen LogP contribution in [0.3, 0.4) is 0 Å². The molecule has 0 radical (unpaired) electrons. The molecule has 0 saturated carbocycles. The molecule has 0 unspecified atom stereocenters. The molecule has 0 aliphatic heterocycles. The van der Waals surface area contributed by atoms with Gasteiger partial charge < -0.3 is 4.74 Å². The van der Waals surface area contributed by atoms with E-state index in [2.05, 4.69) is 22.0 Å². The average molecular weight is 346 g/mol. The van der Waals surface area contributed by atoms with Crippen LogP contribution < -0.4 is 4.74 Å². The van der Waals surface area contributed by atoms with Gasteiger partial charge in [0, 0.05) is 16.8 Å². The average Bonchev–Trinajstić information content (AvgIpc) is 2.67. The van der Waals surface area contributed by atoms with Crippen LogP contribution in [0.2, 0.25) is 5.02 Å². The zero-order chi connectivity index (χ0) is 17.6. The number of ether oxygens (including phenoxy) is 1. The summed E-state index contributed by atoms with van der Waals surface area (Å²) in [5.74, 6) is 2.58. The number of hydrogen-bond acceptors (Lipinski definition) is 4. The smallest absolute Gasteiger partial charge is 0.233 e. The number of terminal acetylenes is 1. The molecule has 3 aromatic rings. The second-order valence-electron chi connectivity index (χ2n) is 5.06. The predicted octanol–water partition coefficient (Wildman–Crippen LogP) is 4.35. The number of pyridine rings is 2. The lowest BCUT2D eigenvalue weighted by Gasteiger charge is -2.12. The third kappa shape index (κ3) is 3.61. The third-order valence-corrected chi connectivity index (χ3v) is 3.72. The van der Waals surface area contributed by atoms with Crippen LogP contribution in [0.4, 0.5) is 0 Å². The Morgan fingerprint density at radius 3 is 2.56 bits per heavy atom. The Labute approximate surface area is 150 Å². The molecular formula is C20H12ClN3O. The lowest BCUT2D eigenvalue weighted by molar-refractivity contribution is 0.355. The Kier molecular flexibility index (Phi) is 4.95. The first kappa shape index (κ1) is 16.5. The number of nitrogens with zero attached hydrogens (tertiary/aromatic N) is 3. The van der Waals surface area contributed by atoms with Crippen molar-refractivity contribution in [3.05, 3.63) is 65.3 Å². The molecule has 4 nitrogen and oxygen atoms in total. The highest BCUT2D eigenvalue weighted by molar-refractivity contribution is 6.30. The Hall–Kier alpha value is -3.34. The van der Waals surface area contributed by atoms with Crippen molar-refractivity contribution in [1.82, 2.24) is 9.97 Å². The van der Waals surface area contributed by atoms with Gasteiger partial charge in [0.05, 0.1) is 11.4 Å². The number of halogens is 1. The summed E-state index contributed by atoms with van der Waals surface area (Å²) >= 11 is 5.97. The summed E-state index contributed by atoms with van der Waals surface area (Å²) < 4.78 is 5.50. The Morgan fingerprint density at radius 2 is 1.92 bits per heavy atom. The summed E-state index contributed by atoms with van der Waals surface area (Å²) in [6.45, 7) is 0.0212. The van der Waals surface area contributed by atoms with Crippen LogP contribution in [0.15, 0.2) is 54.7 Å². The van der Waals surface area contributed by atoms with Gasteiger partial charge in [-0.15, -0.1) is 6.42 Å². The summed E-state index contributed by atoms with van der Waals surface area (Å²) in [6, 6.07) is 16.7. The molecule has 3 rings (SSSR count). The zero-order valence-electron chi connectivity index (χ0n) is 13.1. The molecule has 0 atom stereocenters. The molecule has 0 spiro atoms. The van der Waals surface area contributed by atoms with Crippen molar-refractivity contribution in [2.45, 2.75) is 0 Å². The molecule has 0 saturated heterocycles. The van der Waals surface area contributed by atoms with Crippen LogP contribution in [0.25, 0.3) is 22.5 Å². The van der Waals surface area contributed by atoms with Crippen molar-refractivity contribution in [1.29, 1.82) is 5.26 Å². The minimum Gasteiger partial charge on any atom is -0.464 e. The van der Waals surface area contributed by atoms with E-state index in [-0.39, 0.29) is 12.5 Å². The van der Waals surface area contributed by atoms with Gasteiger partial charge in [0.15, 0.2) is 6.61 Å². The molecule has 5 heteroatoms.